The molecule has 25 nitrogen and oxygen atoms in total. The van der Waals surface area contributed by atoms with E-state index in [0.29, 0.717) is 24.2 Å². The Balaban J connectivity index is 1.56. The van der Waals surface area contributed by atoms with E-state index in [1.807, 2.05) is 20.8 Å². The van der Waals surface area contributed by atoms with Gasteiger partial charge in [0.05, 0.1) is 0 Å². The first-order chi connectivity index (χ1) is 46.5. The molecule has 4 fully saturated rings. The molecule has 3 saturated carbocycles. The van der Waals surface area contributed by atoms with Crippen LogP contribution in [0.25, 0.3) is 0 Å². The van der Waals surface area contributed by atoms with Crippen molar-refractivity contribution < 1.29 is 90.7 Å². The van der Waals surface area contributed by atoms with E-state index in [0.717, 1.165) is 83.5 Å². The molecule has 25 heteroatoms. The Labute approximate surface area is 585 Å². The maximum atomic E-state index is 14.9. The van der Waals surface area contributed by atoms with Crippen LogP contribution in [-0.2, 0) is 92.4 Å². The van der Waals surface area contributed by atoms with Crippen molar-refractivity contribution in [3.8, 4) is 5.75 Å². The van der Waals surface area contributed by atoms with Crippen LogP contribution in [0.1, 0.15) is 232 Å². The largest absolute Gasteiger partial charge is 0.488 e. The van der Waals surface area contributed by atoms with Gasteiger partial charge in [0.25, 0.3) is 35.4 Å². The average Bonchev–Trinajstić information content (AvgIpc) is 0.854. The average molecular weight is 1390 g/mol. The summed E-state index contributed by atoms with van der Waals surface area (Å²) in [7, 11) is 0. The zero-order chi connectivity index (χ0) is 73.6. The van der Waals surface area contributed by atoms with E-state index >= 15 is 0 Å². The minimum Gasteiger partial charge on any atom is -0.488 e. The highest BCUT2D eigenvalue weighted by Gasteiger charge is 2.42. The first kappa shape index (κ1) is 82.3. The summed E-state index contributed by atoms with van der Waals surface area (Å²) >= 11 is 0. The molecule has 1 aliphatic heterocycles. The van der Waals surface area contributed by atoms with Crippen molar-refractivity contribution in [2.45, 2.75) is 311 Å². The number of ether oxygens (including phenoxy) is 7. The van der Waals surface area contributed by atoms with Crippen molar-refractivity contribution in [3.05, 3.63) is 29.8 Å². The number of esters is 6. The molecule has 0 unspecified atom stereocenters. The highest BCUT2D eigenvalue weighted by atomic mass is 16.6. The van der Waals surface area contributed by atoms with Gasteiger partial charge in [0.1, 0.15) is 47.6 Å². The Kier molecular flexibility index (Phi) is 32.5. The Morgan fingerprint density at radius 1 is 0.354 bits per heavy atom. The molecule has 5 rings (SSSR count). The summed E-state index contributed by atoms with van der Waals surface area (Å²) in [6.07, 6.45) is 3.28. The molecule has 1 heterocycles. The number of cyclic esters (lactones) is 6. The molecule has 1 aromatic carbocycles. The van der Waals surface area contributed by atoms with Gasteiger partial charge < -0.3 is 65.1 Å². The Morgan fingerprint density at radius 3 is 0.879 bits per heavy atom. The van der Waals surface area contributed by atoms with Crippen LogP contribution in [0.4, 0.5) is 0 Å². The quantitative estimate of drug-likeness (QED) is 0.0757. The van der Waals surface area contributed by atoms with Crippen LogP contribution in [0.15, 0.2) is 24.3 Å². The molecule has 6 N–H and O–H groups in total. The number of carbonyl (C=O) groups excluding carboxylic acids is 12. The second kappa shape index (κ2) is 39.0. The molecule has 12 atom stereocenters. The molecule has 99 heavy (non-hydrogen) atoms. The molecule has 0 bridgehead atoms. The van der Waals surface area contributed by atoms with Crippen molar-refractivity contribution in [1.29, 1.82) is 0 Å². The van der Waals surface area contributed by atoms with Crippen LogP contribution in [0.3, 0.4) is 0 Å². The second-order valence-corrected chi connectivity index (χ2v) is 30.5. The van der Waals surface area contributed by atoms with E-state index in [1.165, 1.54) is 20.8 Å². The predicted molar refractivity (Wildman–Crippen MR) is 366 cm³/mol. The maximum Gasteiger partial charge on any atom is 0.329 e. The molecule has 0 aromatic heterocycles. The molecule has 1 saturated heterocycles. The molecule has 0 radical (unpaired) electrons. The fourth-order valence-electron chi connectivity index (χ4n) is 12.9. The number of nitrogens with one attached hydrogen (secondary N) is 6. The highest BCUT2D eigenvalue weighted by Crippen LogP contribution is 2.32. The first-order valence-corrected chi connectivity index (χ1v) is 36.3. The number of hydrogen-bond donors (Lipinski definition) is 6. The van der Waals surface area contributed by atoms with Gasteiger partial charge in [-0.2, -0.15) is 0 Å². The number of carbonyl (C=O) groups is 12. The molecule has 3 aliphatic carbocycles. The van der Waals surface area contributed by atoms with Crippen molar-refractivity contribution in [1.82, 2.24) is 31.9 Å². The van der Waals surface area contributed by atoms with E-state index < -0.39 is 179 Å². The van der Waals surface area contributed by atoms with Crippen molar-refractivity contribution in [2.24, 2.45) is 47.3 Å². The molecule has 556 valence electrons. The summed E-state index contributed by atoms with van der Waals surface area (Å²) in [6, 6.07) is -1.73. The van der Waals surface area contributed by atoms with Gasteiger partial charge in [-0.25, -0.2) is 28.8 Å². The summed E-state index contributed by atoms with van der Waals surface area (Å²) in [5, 5.41) is 16.0. The van der Waals surface area contributed by atoms with E-state index in [-0.39, 0.29) is 43.4 Å². The van der Waals surface area contributed by atoms with Crippen LogP contribution in [0, 0.1) is 47.3 Å². The minimum atomic E-state index is -1.61. The first-order valence-electron chi connectivity index (χ1n) is 36.3. The van der Waals surface area contributed by atoms with E-state index in [2.05, 4.69) is 31.9 Å². The third-order valence-electron chi connectivity index (χ3n) is 18.9. The molecule has 1 aromatic rings. The number of amides is 6. The number of hydrogen-bond acceptors (Lipinski definition) is 19. The lowest BCUT2D eigenvalue weighted by molar-refractivity contribution is -0.166. The minimum absolute atomic E-state index is 0.0433. The molecule has 0 spiro atoms. The third-order valence-corrected chi connectivity index (χ3v) is 18.9. The predicted octanol–water partition coefficient (Wildman–Crippen LogP) is 8.05. The summed E-state index contributed by atoms with van der Waals surface area (Å²) in [4.78, 5) is 173. The highest BCUT2D eigenvalue weighted by molar-refractivity contribution is 5.96. The van der Waals surface area contributed by atoms with Crippen LogP contribution < -0.4 is 36.6 Å². The lowest BCUT2D eigenvalue weighted by Gasteiger charge is -2.31. The van der Waals surface area contributed by atoms with Crippen molar-refractivity contribution >= 4 is 71.3 Å². The maximum absolute atomic E-state index is 14.9. The lowest BCUT2D eigenvalue weighted by atomic mass is 9.85. The van der Waals surface area contributed by atoms with Gasteiger partial charge in [0.2, 0.25) is 0 Å². The summed E-state index contributed by atoms with van der Waals surface area (Å²) in [5.74, 6) is -14.3. The Bertz CT molecular complexity index is 2880. The van der Waals surface area contributed by atoms with Gasteiger partial charge in [-0.05, 0) is 126 Å². The summed E-state index contributed by atoms with van der Waals surface area (Å²) < 4.78 is 41.4. The van der Waals surface area contributed by atoms with E-state index in [4.69, 9.17) is 33.2 Å². The van der Waals surface area contributed by atoms with Gasteiger partial charge in [-0.1, -0.05) is 178 Å². The number of benzene rings is 1. The van der Waals surface area contributed by atoms with Gasteiger partial charge >= 0.3 is 35.8 Å². The molecular formula is C74H116N6O19. The zero-order valence-corrected chi connectivity index (χ0v) is 61.5. The van der Waals surface area contributed by atoms with Gasteiger partial charge in [0, 0.05) is 6.42 Å². The van der Waals surface area contributed by atoms with Crippen LogP contribution >= 0.6 is 0 Å². The van der Waals surface area contributed by atoms with Crippen LogP contribution in [0.5, 0.6) is 5.75 Å². The van der Waals surface area contributed by atoms with E-state index in [1.54, 1.807) is 93.5 Å². The molecule has 4 aliphatic rings. The van der Waals surface area contributed by atoms with E-state index in [9.17, 15) is 57.5 Å². The third kappa shape index (κ3) is 26.6. The van der Waals surface area contributed by atoms with Gasteiger partial charge in [-0.3, -0.25) is 28.8 Å². The summed E-state index contributed by atoms with van der Waals surface area (Å²) in [6.45, 7) is 25.9. The molecular weight excluding hydrogens is 1280 g/mol. The van der Waals surface area contributed by atoms with Crippen molar-refractivity contribution in [3.63, 3.8) is 0 Å². The van der Waals surface area contributed by atoms with Crippen LogP contribution in [-0.4, -0.2) is 150 Å². The topological polar surface area (TPSA) is 342 Å². The Hall–Kier alpha value is -7.34. The van der Waals surface area contributed by atoms with Gasteiger partial charge in [0.15, 0.2) is 36.6 Å². The van der Waals surface area contributed by atoms with Crippen LogP contribution in [0.2, 0.25) is 0 Å². The zero-order valence-electron chi connectivity index (χ0n) is 61.5. The molecule has 6 amide bonds. The fourth-order valence-corrected chi connectivity index (χ4v) is 12.9. The van der Waals surface area contributed by atoms with Gasteiger partial charge in [-0.15, -0.1) is 0 Å². The summed E-state index contributed by atoms with van der Waals surface area (Å²) in [5.41, 5.74) is -0.00985. The monoisotopic (exact) mass is 1390 g/mol. The smallest absolute Gasteiger partial charge is 0.329 e. The Morgan fingerprint density at radius 2 is 0.606 bits per heavy atom. The standard InChI is InChI=1S/C74H116N6O19/c1-40(2)57-69(88)93-45(11)62(81)75-53(36-51-32-34-52(35-33-51)99-74(14,15)16)68(87)96-54(37-48-26-20-17-21-27-48)65(84)78-58(41(3)4)70(89)94-46(12)63(82)76-61(44(9)10)73(92)98-56(39-50-30-24-19-25-31-50)67(86)80-59(42(5)6)71(90)95-47(13)64(83)77-60(43(7)8)72(91)97-55(66(85)79-57)38-49-28-22-18-23-29-49/h32-35,40-50,53-61H,17-31,36-39H2,1-16H3,(H,75,81)(H,76,82)(H,77,83)(H,78,84)(H,79,85)(H,80,86)/t45-,46-,47-,53-,54+,55+,56+,57+,58+,59+,60-,61-/m0/s1. The number of rotatable bonds is 14. The lowest BCUT2D eigenvalue weighted by Crippen LogP contribution is -2.55. The van der Waals surface area contributed by atoms with Crippen molar-refractivity contribution in [2.75, 3.05) is 0 Å². The normalized spacial score (nSPS) is 28.5. The fraction of sp³-hybridized carbons (Fsp3) is 0.757. The SMILES string of the molecule is CC(C)[C@@H]1NC(=O)[C@H](C)OC(=O)[C@@H](C(C)C)NC(=O)[C@@H](CC2CCCCC2)OC(=O)[C@H](C(C)C)NC(=O)[C@H](C)OC(=O)[C@@H](C(C)C)NC(=O)[C@@H](CC2CCCCC2)OC(=O)[C@H](Cc2ccc(OC(C)(C)C)cc2)NC(=O)[C@H](C)OC(=O)[C@@H](C(C)C)NC(=O)[C@@H](CC2CCCCC2)OC1=O. The second-order valence-electron chi connectivity index (χ2n) is 30.5.